The molecule has 0 saturated heterocycles. The Morgan fingerprint density at radius 2 is 1.58 bits per heavy atom. The van der Waals surface area contributed by atoms with Crippen LogP contribution in [0.1, 0.15) is 0 Å². The number of methoxy groups -OCH3 is 3. The van der Waals surface area contributed by atoms with Crippen molar-refractivity contribution < 1.29 is 14.2 Å². The molecular weight excluding hydrogens is 306 g/mol. The van der Waals surface area contributed by atoms with E-state index >= 15 is 0 Å². The molecule has 0 atom stereocenters. The third-order valence-corrected chi connectivity index (χ3v) is 4.06. The zero-order chi connectivity index (χ0) is 17.3. The second-order valence-corrected chi connectivity index (χ2v) is 5.47. The highest BCUT2D eigenvalue weighted by atomic mass is 16.5. The molecule has 126 valence electrons. The standard InChI is InChI=1S/C18H21N3O3/c1-20-8-6-7-13(20)17-16(19-11-21(17)2)12-9-14(22-3)18(24-5)15(10-12)23-4/h6-11H,1-5H3. The van der Waals surface area contributed by atoms with Gasteiger partial charge in [-0.2, -0.15) is 0 Å². The van der Waals surface area contributed by atoms with Gasteiger partial charge in [-0.15, -0.1) is 0 Å². The van der Waals surface area contributed by atoms with Crippen LogP contribution < -0.4 is 14.2 Å². The van der Waals surface area contributed by atoms with Crippen molar-refractivity contribution in [2.75, 3.05) is 21.3 Å². The van der Waals surface area contributed by atoms with Gasteiger partial charge in [0.2, 0.25) is 5.75 Å². The number of imidazole rings is 1. The smallest absolute Gasteiger partial charge is 0.203 e. The van der Waals surface area contributed by atoms with Gasteiger partial charge in [-0.1, -0.05) is 0 Å². The number of benzene rings is 1. The first-order chi connectivity index (χ1) is 11.6. The van der Waals surface area contributed by atoms with Crippen LogP contribution in [0.15, 0.2) is 36.8 Å². The van der Waals surface area contributed by atoms with Crippen LogP contribution in [0.2, 0.25) is 0 Å². The maximum atomic E-state index is 5.46. The summed E-state index contributed by atoms with van der Waals surface area (Å²) in [6.07, 6.45) is 3.82. The van der Waals surface area contributed by atoms with Crippen LogP contribution in [0, 0.1) is 0 Å². The number of aryl methyl sites for hydroxylation is 2. The summed E-state index contributed by atoms with van der Waals surface area (Å²) in [5, 5.41) is 0. The molecule has 2 aromatic heterocycles. The van der Waals surface area contributed by atoms with Crippen LogP contribution in [-0.4, -0.2) is 35.4 Å². The molecule has 0 amide bonds. The van der Waals surface area contributed by atoms with Gasteiger partial charge in [0.1, 0.15) is 0 Å². The van der Waals surface area contributed by atoms with Crippen LogP contribution in [-0.2, 0) is 14.1 Å². The van der Waals surface area contributed by atoms with E-state index < -0.39 is 0 Å². The molecule has 0 aliphatic heterocycles. The Morgan fingerprint density at radius 1 is 0.917 bits per heavy atom. The molecule has 0 aliphatic rings. The van der Waals surface area contributed by atoms with Crippen LogP contribution >= 0.6 is 0 Å². The monoisotopic (exact) mass is 327 g/mol. The fourth-order valence-electron chi connectivity index (χ4n) is 2.87. The highest BCUT2D eigenvalue weighted by molar-refractivity contribution is 5.80. The van der Waals surface area contributed by atoms with Gasteiger partial charge in [0.15, 0.2) is 11.5 Å². The van der Waals surface area contributed by atoms with Gasteiger partial charge in [-0.05, 0) is 24.3 Å². The molecule has 0 saturated carbocycles. The van der Waals surface area contributed by atoms with E-state index in [1.54, 1.807) is 27.7 Å². The number of nitrogens with zero attached hydrogens (tertiary/aromatic N) is 3. The Morgan fingerprint density at radius 3 is 2.08 bits per heavy atom. The SMILES string of the molecule is COc1cc(-c2ncn(C)c2-c2cccn2C)cc(OC)c1OC. The molecular formula is C18H21N3O3. The van der Waals surface area contributed by atoms with Crippen molar-refractivity contribution in [2.24, 2.45) is 14.1 Å². The molecule has 1 aromatic carbocycles. The van der Waals surface area contributed by atoms with E-state index in [9.17, 15) is 0 Å². The molecule has 24 heavy (non-hydrogen) atoms. The molecule has 0 fully saturated rings. The van der Waals surface area contributed by atoms with Gasteiger partial charge in [0.05, 0.1) is 44.7 Å². The molecule has 6 nitrogen and oxygen atoms in total. The molecule has 0 unspecified atom stereocenters. The molecule has 0 bridgehead atoms. The Labute approximate surface area is 141 Å². The summed E-state index contributed by atoms with van der Waals surface area (Å²) in [4.78, 5) is 4.59. The zero-order valence-corrected chi connectivity index (χ0v) is 14.5. The lowest BCUT2D eigenvalue weighted by atomic mass is 10.1. The number of rotatable bonds is 5. The summed E-state index contributed by atoms with van der Waals surface area (Å²) in [5.74, 6) is 1.78. The predicted molar refractivity (Wildman–Crippen MR) is 92.7 cm³/mol. The van der Waals surface area contributed by atoms with E-state index in [-0.39, 0.29) is 0 Å². The van der Waals surface area contributed by atoms with Crippen molar-refractivity contribution in [3.63, 3.8) is 0 Å². The van der Waals surface area contributed by atoms with Crippen LogP contribution in [0.4, 0.5) is 0 Å². The number of ether oxygens (including phenoxy) is 3. The minimum absolute atomic E-state index is 0.570. The normalized spacial score (nSPS) is 10.7. The summed E-state index contributed by atoms with van der Waals surface area (Å²) in [6.45, 7) is 0. The summed E-state index contributed by atoms with van der Waals surface area (Å²) in [6, 6.07) is 7.91. The minimum atomic E-state index is 0.570. The summed E-state index contributed by atoms with van der Waals surface area (Å²) in [5.41, 5.74) is 3.87. The Bertz CT molecular complexity index is 839. The molecule has 0 N–H and O–H groups in total. The average molecular weight is 327 g/mol. The fraction of sp³-hybridized carbons (Fsp3) is 0.278. The van der Waals surface area contributed by atoms with E-state index in [4.69, 9.17) is 14.2 Å². The topological polar surface area (TPSA) is 50.4 Å². The predicted octanol–water partition coefficient (Wildman–Crippen LogP) is 3.12. The summed E-state index contributed by atoms with van der Waals surface area (Å²) in [7, 11) is 8.81. The quantitative estimate of drug-likeness (QED) is 0.722. The van der Waals surface area contributed by atoms with Gasteiger partial charge in [0, 0.05) is 25.9 Å². The largest absolute Gasteiger partial charge is 0.493 e. The lowest BCUT2D eigenvalue weighted by Crippen LogP contribution is -1.98. The molecule has 0 spiro atoms. The summed E-state index contributed by atoms with van der Waals surface area (Å²) < 4.78 is 20.4. The van der Waals surface area contributed by atoms with Crippen molar-refractivity contribution in [3.05, 3.63) is 36.8 Å². The van der Waals surface area contributed by atoms with E-state index in [2.05, 4.69) is 15.6 Å². The van der Waals surface area contributed by atoms with Gasteiger partial charge in [-0.25, -0.2) is 4.98 Å². The average Bonchev–Trinajstić information content (AvgIpc) is 3.18. The second-order valence-electron chi connectivity index (χ2n) is 5.47. The third kappa shape index (κ3) is 2.50. The van der Waals surface area contributed by atoms with Crippen LogP contribution in [0.3, 0.4) is 0 Å². The first-order valence-electron chi connectivity index (χ1n) is 7.54. The molecule has 6 heteroatoms. The first-order valence-corrected chi connectivity index (χ1v) is 7.54. The van der Waals surface area contributed by atoms with Crippen molar-refractivity contribution in [1.82, 2.24) is 14.1 Å². The maximum absolute atomic E-state index is 5.46. The molecule has 0 radical (unpaired) electrons. The van der Waals surface area contributed by atoms with Gasteiger partial charge in [0.25, 0.3) is 0 Å². The highest BCUT2D eigenvalue weighted by Gasteiger charge is 2.20. The molecule has 3 rings (SSSR count). The van der Waals surface area contributed by atoms with Gasteiger partial charge in [-0.3, -0.25) is 0 Å². The molecule has 2 heterocycles. The lowest BCUT2D eigenvalue weighted by Gasteiger charge is -2.14. The number of hydrogen-bond acceptors (Lipinski definition) is 4. The molecule has 0 aliphatic carbocycles. The summed E-state index contributed by atoms with van der Waals surface area (Å²) >= 11 is 0. The third-order valence-electron chi connectivity index (χ3n) is 4.06. The Hall–Kier alpha value is -2.89. The van der Waals surface area contributed by atoms with Crippen LogP contribution in [0.5, 0.6) is 17.2 Å². The first kappa shape index (κ1) is 16.0. The Balaban J connectivity index is 2.23. The number of hydrogen-bond donors (Lipinski definition) is 0. The fourth-order valence-corrected chi connectivity index (χ4v) is 2.87. The second kappa shape index (κ2) is 6.31. The Kier molecular flexibility index (Phi) is 4.20. The van der Waals surface area contributed by atoms with E-state index in [0.717, 1.165) is 22.6 Å². The number of aromatic nitrogens is 3. The van der Waals surface area contributed by atoms with Crippen LogP contribution in [0.25, 0.3) is 22.6 Å². The minimum Gasteiger partial charge on any atom is -0.493 e. The van der Waals surface area contributed by atoms with Crippen molar-refractivity contribution in [1.29, 1.82) is 0 Å². The van der Waals surface area contributed by atoms with Crippen molar-refractivity contribution >= 4 is 0 Å². The van der Waals surface area contributed by atoms with Gasteiger partial charge < -0.3 is 23.3 Å². The van der Waals surface area contributed by atoms with E-state index in [1.165, 1.54) is 0 Å². The lowest BCUT2D eigenvalue weighted by molar-refractivity contribution is 0.324. The van der Waals surface area contributed by atoms with Crippen molar-refractivity contribution in [2.45, 2.75) is 0 Å². The zero-order valence-electron chi connectivity index (χ0n) is 14.5. The van der Waals surface area contributed by atoms with E-state index in [1.807, 2.05) is 43.1 Å². The van der Waals surface area contributed by atoms with Gasteiger partial charge >= 0.3 is 0 Å². The molecule has 3 aromatic rings. The highest BCUT2D eigenvalue weighted by Crippen LogP contribution is 2.42. The maximum Gasteiger partial charge on any atom is 0.203 e. The van der Waals surface area contributed by atoms with Crippen molar-refractivity contribution in [3.8, 4) is 39.9 Å². The van der Waals surface area contributed by atoms with E-state index in [0.29, 0.717) is 17.2 Å².